The van der Waals surface area contributed by atoms with Crippen LogP contribution < -0.4 is 10.1 Å². The van der Waals surface area contributed by atoms with Crippen molar-refractivity contribution in [3.8, 4) is 28.7 Å². The van der Waals surface area contributed by atoms with Gasteiger partial charge in [-0.1, -0.05) is 0 Å². The summed E-state index contributed by atoms with van der Waals surface area (Å²) in [6, 6.07) is 11.8. The van der Waals surface area contributed by atoms with Crippen LogP contribution in [0.5, 0.6) is 5.75 Å². The number of benzene rings is 2. The molecule has 0 fully saturated rings. The van der Waals surface area contributed by atoms with Crippen molar-refractivity contribution in [3.05, 3.63) is 71.6 Å². The quantitative estimate of drug-likeness (QED) is 0.470. The van der Waals surface area contributed by atoms with Gasteiger partial charge >= 0.3 is 0 Å². The van der Waals surface area contributed by atoms with Crippen molar-refractivity contribution in [2.24, 2.45) is 0 Å². The van der Waals surface area contributed by atoms with Gasteiger partial charge in [-0.25, -0.2) is 8.78 Å². The summed E-state index contributed by atoms with van der Waals surface area (Å²) in [7, 11) is 1.37. The number of hydrogen-bond acceptors (Lipinski definition) is 5. The zero-order valence-corrected chi connectivity index (χ0v) is 17.6. The van der Waals surface area contributed by atoms with Gasteiger partial charge in [-0.3, -0.25) is 4.79 Å². The van der Waals surface area contributed by atoms with Crippen molar-refractivity contribution in [2.75, 3.05) is 12.4 Å². The van der Waals surface area contributed by atoms with Crippen LogP contribution in [0.2, 0.25) is 0 Å². The molecule has 0 aliphatic carbocycles. The van der Waals surface area contributed by atoms with E-state index in [-0.39, 0.29) is 29.9 Å². The summed E-state index contributed by atoms with van der Waals surface area (Å²) in [4.78, 5) is 12.5. The lowest BCUT2D eigenvalue weighted by atomic mass is 10.2. The number of ether oxygens (including phenoxy) is 1. The van der Waals surface area contributed by atoms with Crippen LogP contribution in [-0.4, -0.2) is 27.8 Å². The summed E-state index contributed by atoms with van der Waals surface area (Å²) in [5, 5.41) is 10.8. The Labute approximate surface area is 182 Å². The van der Waals surface area contributed by atoms with Gasteiger partial charge in [0.25, 0.3) is 0 Å². The van der Waals surface area contributed by atoms with E-state index in [4.69, 9.17) is 9.15 Å². The molecule has 0 saturated carbocycles. The monoisotopic (exact) mass is 438 g/mol. The Kier molecular flexibility index (Phi) is 5.72. The van der Waals surface area contributed by atoms with Crippen molar-refractivity contribution in [1.82, 2.24) is 14.8 Å². The molecule has 4 aromatic rings. The number of halogens is 2. The molecule has 1 N–H and O–H groups in total. The van der Waals surface area contributed by atoms with E-state index in [2.05, 4.69) is 15.5 Å². The van der Waals surface area contributed by atoms with Gasteiger partial charge in [-0.15, -0.1) is 10.2 Å². The molecule has 164 valence electrons. The van der Waals surface area contributed by atoms with Crippen LogP contribution in [0.15, 0.2) is 52.9 Å². The molecule has 7 nitrogen and oxygen atoms in total. The molecule has 1 amide bonds. The minimum atomic E-state index is -0.561. The largest absolute Gasteiger partial charge is 0.494 e. The summed E-state index contributed by atoms with van der Waals surface area (Å²) < 4.78 is 39.5. The fourth-order valence-corrected chi connectivity index (χ4v) is 3.39. The highest BCUT2D eigenvalue weighted by Gasteiger charge is 2.19. The van der Waals surface area contributed by atoms with E-state index in [0.29, 0.717) is 22.7 Å². The fraction of sp³-hybridized carbons (Fsp3) is 0.174. The van der Waals surface area contributed by atoms with E-state index in [1.54, 1.807) is 22.8 Å². The van der Waals surface area contributed by atoms with Gasteiger partial charge in [-0.2, -0.15) is 0 Å². The van der Waals surface area contributed by atoms with Crippen LogP contribution in [0.4, 0.5) is 14.5 Å². The number of carbonyl (C=O) groups excluding carboxylic acids is 1. The molecular weight excluding hydrogens is 418 g/mol. The van der Waals surface area contributed by atoms with Crippen LogP contribution in [0.1, 0.15) is 11.4 Å². The van der Waals surface area contributed by atoms with E-state index < -0.39 is 5.82 Å². The number of nitrogens with one attached hydrogen (secondary N) is 1. The van der Waals surface area contributed by atoms with E-state index in [0.717, 1.165) is 11.4 Å². The highest BCUT2D eigenvalue weighted by Crippen LogP contribution is 2.29. The second-order valence-corrected chi connectivity index (χ2v) is 7.19. The third-order valence-corrected chi connectivity index (χ3v) is 5.06. The first-order valence-corrected chi connectivity index (χ1v) is 9.75. The molecule has 9 heteroatoms. The summed E-state index contributed by atoms with van der Waals surface area (Å²) in [6.45, 7) is 3.71. The molecule has 0 atom stereocenters. The lowest BCUT2D eigenvalue weighted by molar-refractivity contribution is -0.116. The first kappa shape index (κ1) is 21.2. The van der Waals surface area contributed by atoms with E-state index in [1.165, 1.54) is 31.4 Å². The number of aryl methyl sites for hydroxylation is 1. The summed E-state index contributed by atoms with van der Waals surface area (Å²) in [6.07, 6.45) is 0. The number of amides is 1. The van der Waals surface area contributed by atoms with Gasteiger partial charge < -0.3 is 19.0 Å². The van der Waals surface area contributed by atoms with Crippen molar-refractivity contribution in [3.63, 3.8) is 0 Å². The van der Waals surface area contributed by atoms with E-state index in [1.807, 2.05) is 19.9 Å². The second kappa shape index (κ2) is 8.62. The van der Waals surface area contributed by atoms with Crippen LogP contribution in [0.25, 0.3) is 22.9 Å². The molecular formula is C23H20F2N4O3. The first-order chi connectivity index (χ1) is 15.4. The number of nitrogens with zero attached hydrogens (tertiary/aromatic N) is 3. The van der Waals surface area contributed by atoms with Gasteiger partial charge in [0.2, 0.25) is 17.7 Å². The van der Waals surface area contributed by atoms with Crippen LogP contribution >= 0.6 is 0 Å². The average molecular weight is 438 g/mol. The molecule has 32 heavy (non-hydrogen) atoms. The molecule has 2 aromatic heterocycles. The van der Waals surface area contributed by atoms with Gasteiger partial charge in [0.1, 0.15) is 12.4 Å². The van der Waals surface area contributed by atoms with Crippen LogP contribution in [-0.2, 0) is 11.3 Å². The number of carbonyl (C=O) groups is 1. The number of aromatic nitrogens is 3. The standard InChI is InChI=1S/C23H20F2N4O3/c1-13-10-18(23-28-27-22(32-23)15-4-6-16(24)7-5-15)14(2)29(13)12-21(30)26-17-8-9-20(31-3)19(25)11-17/h4-11H,12H2,1-3H3,(H,26,30). The van der Waals surface area contributed by atoms with Gasteiger partial charge in [0.05, 0.1) is 12.7 Å². The van der Waals surface area contributed by atoms with Crippen LogP contribution in [0.3, 0.4) is 0 Å². The SMILES string of the molecule is COc1ccc(NC(=O)Cn2c(C)cc(-c3nnc(-c4ccc(F)cc4)o3)c2C)cc1F. The Bertz CT molecular complexity index is 1280. The number of hydrogen-bond donors (Lipinski definition) is 1. The predicted octanol–water partition coefficient (Wildman–Crippen LogP) is 4.75. The molecule has 0 unspecified atom stereocenters. The fourth-order valence-electron chi connectivity index (χ4n) is 3.39. The summed E-state index contributed by atoms with van der Waals surface area (Å²) in [5.41, 5.74) is 3.19. The number of rotatable bonds is 6. The van der Waals surface area contributed by atoms with Crippen molar-refractivity contribution in [2.45, 2.75) is 20.4 Å². The zero-order valence-electron chi connectivity index (χ0n) is 17.6. The summed E-state index contributed by atoms with van der Waals surface area (Å²) >= 11 is 0. The van der Waals surface area contributed by atoms with E-state index >= 15 is 0 Å². The number of methoxy groups -OCH3 is 1. The third-order valence-electron chi connectivity index (χ3n) is 5.06. The van der Waals surface area contributed by atoms with Crippen LogP contribution in [0, 0.1) is 25.5 Å². The minimum absolute atomic E-state index is 0.0181. The Balaban J connectivity index is 1.52. The molecule has 0 spiro atoms. The second-order valence-electron chi connectivity index (χ2n) is 7.19. The molecule has 2 heterocycles. The average Bonchev–Trinajstić information content (AvgIpc) is 3.35. The van der Waals surface area contributed by atoms with Gasteiger partial charge in [0, 0.05) is 28.7 Å². The third kappa shape index (κ3) is 4.22. The molecule has 4 rings (SSSR count). The Morgan fingerprint density at radius 1 is 1.06 bits per heavy atom. The molecule has 0 saturated heterocycles. The Hall–Kier alpha value is -4.01. The maximum atomic E-state index is 13.9. The van der Waals surface area contributed by atoms with Gasteiger partial charge in [0.15, 0.2) is 11.6 Å². The van der Waals surface area contributed by atoms with Crippen molar-refractivity contribution >= 4 is 11.6 Å². The topological polar surface area (TPSA) is 82.2 Å². The smallest absolute Gasteiger partial charge is 0.249 e. The van der Waals surface area contributed by atoms with Gasteiger partial charge in [-0.05, 0) is 56.3 Å². The van der Waals surface area contributed by atoms with Crippen molar-refractivity contribution < 1.29 is 22.7 Å². The zero-order chi connectivity index (χ0) is 22.8. The minimum Gasteiger partial charge on any atom is -0.494 e. The highest BCUT2D eigenvalue weighted by molar-refractivity contribution is 5.90. The predicted molar refractivity (Wildman–Crippen MR) is 114 cm³/mol. The summed E-state index contributed by atoms with van der Waals surface area (Å²) in [5.74, 6) is -0.572. The normalized spacial score (nSPS) is 10.9. The lowest BCUT2D eigenvalue weighted by Gasteiger charge is -2.11. The molecule has 0 radical (unpaired) electrons. The highest BCUT2D eigenvalue weighted by atomic mass is 19.1. The Morgan fingerprint density at radius 3 is 2.47 bits per heavy atom. The molecule has 2 aromatic carbocycles. The maximum Gasteiger partial charge on any atom is 0.249 e. The van der Waals surface area contributed by atoms with Crippen molar-refractivity contribution in [1.29, 1.82) is 0 Å². The van der Waals surface area contributed by atoms with E-state index in [9.17, 15) is 13.6 Å². The molecule has 0 bridgehead atoms. The molecule has 0 aliphatic heterocycles. The lowest BCUT2D eigenvalue weighted by Crippen LogP contribution is -2.20. The maximum absolute atomic E-state index is 13.9. The number of anilines is 1. The Morgan fingerprint density at radius 2 is 1.78 bits per heavy atom. The first-order valence-electron chi connectivity index (χ1n) is 9.75. The molecule has 0 aliphatic rings.